The number of nitrogens with zero attached hydrogens (tertiary/aromatic N) is 2. The number of carbonyl (C=O) groups is 1. The Morgan fingerprint density at radius 3 is 2.95 bits per heavy atom. The smallest absolute Gasteiger partial charge is 0.306 e. The van der Waals surface area contributed by atoms with E-state index in [2.05, 4.69) is 15.5 Å². The predicted octanol–water partition coefficient (Wildman–Crippen LogP) is 1.61. The van der Waals surface area contributed by atoms with Crippen LogP contribution < -0.4 is 5.32 Å². The number of hydrogen-bond acceptors (Lipinski definition) is 5. The number of aromatic nitrogens is 2. The molecule has 1 aromatic heterocycles. The molecule has 1 aliphatic carbocycles. The number of hydrogen-bond donors (Lipinski definition) is 2. The van der Waals surface area contributed by atoms with Crippen molar-refractivity contribution in [2.75, 3.05) is 6.54 Å². The number of carboxylic acids is 1. The van der Waals surface area contributed by atoms with Crippen LogP contribution in [0.1, 0.15) is 44.3 Å². The van der Waals surface area contributed by atoms with Gasteiger partial charge in [-0.25, -0.2) is 0 Å². The van der Waals surface area contributed by atoms with Crippen molar-refractivity contribution < 1.29 is 14.4 Å². The predicted molar refractivity (Wildman–Crippen MR) is 68.5 cm³/mol. The molecule has 1 heterocycles. The molecule has 0 aromatic carbocycles. The first-order valence-corrected chi connectivity index (χ1v) is 6.95. The maximum atomic E-state index is 11.2. The fraction of sp³-hybridized carbons (Fsp3) is 0.769. The summed E-state index contributed by atoms with van der Waals surface area (Å²) in [6.45, 7) is 3.20. The molecule has 1 saturated carbocycles. The van der Waals surface area contributed by atoms with Crippen molar-refractivity contribution in [3.05, 3.63) is 11.7 Å². The molecule has 2 unspecified atom stereocenters. The molecule has 2 rings (SSSR count). The SMILES string of the molecule is CCc1nc(CNCC2CCCCC2C(=O)O)no1. The summed E-state index contributed by atoms with van der Waals surface area (Å²) >= 11 is 0. The molecule has 6 heteroatoms. The highest BCUT2D eigenvalue weighted by Gasteiger charge is 2.30. The summed E-state index contributed by atoms with van der Waals surface area (Å²) in [5.41, 5.74) is 0. The Hall–Kier alpha value is -1.43. The Morgan fingerprint density at radius 2 is 2.26 bits per heavy atom. The molecule has 0 aliphatic heterocycles. The van der Waals surface area contributed by atoms with Crippen LogP contribution in [0.2, 0.25) is 0 Å². The van der Waals surface area contributed by atoms with E-state index in [1.165, 1.54) is 0 Å². The molecule has 1 fully saturated rings. The van der Waals surface area contributed by atoms with Gasteiger partial charge in [0.1, 0.15) is 0 Å². The van der Waals surface area contributed by atoms with Gasteiger partial charge in [-0.2, -0.15) is 4.98 Å². The van der Waals surface area contributed by atoms with Crippen LogP contribution in [0.5, 0.6) is 0 Å². The summed E-state index contributed by atoms with van der Waals surface area (Å²) in [7, 11) is 0. The van der Waals surface area contributed by atoms with Gasteiger partial charge in [0.2, 0.25) is 5.89 Å². The van der Waals surface area contributed by atoms with Gasteiger partial charge in [0.05, 0.1) is 12.5 Å². The van der Waals surface area contributed by atoms with Crippen molar-refractivity contribution in [1.82, 2.24) is 15.5 Å². The molecule has 0 bridgehead atoms. The molecule has 106 valence electrons. The van der Waals surface area contributed by atoms with Crippen LogP contribution in [-0.2, 0) is 17.8 Å². The molecule has 19 heavy (non-hydrogen) atoms. The molecule has 0 saturated heterocycles. The first kappa shape index (κ1) is 14.0. The Morgan fingerprint density at radius 1 is 1.47 bits per heavy atom. The number of carboxylic acid groups (broad SMARTS) is 1. The van der Waals surface area contributed by atoms with E-state index in [9.17, 15) is 9.90 Å². The standard InChI is InChI=1S/C13H21N3O3/c1-2-12-15-11(16-19-12)8-14-7-9-5-3-4-6-10(9)13(17)18/h9-10,14H,2-8H2,1H3,(H,17,18). The van der Waals surface area contributed by atoms with E-state index in [-0.39, 0.29) is 11.8 Å². The number of rotatable bonds is 6. The minimum Gasteiger partial charge on any atom is -0.481 e. The van der Waals surface area contributed by atoms with Gasteiger partial charge >= 0.3 is 5.97 Å². The zero-order valence-electron chi connectivity index (χ0n) is 11.3. The summed E-state index contributed by atoms with van der Waals surface area (Å²) in [5, 5.41) is 16.3. The molecule has 1 aliphatic rings. The van der Waals surface area contributed by atoms with Gasteiger partial charge in [0.25, 0.3) is 0 Å². The minimum atomic E-state index is -0.667. The maximum absolute atomic E-state index is 11.2. The number of aliphatic carboxylic acids is 1. The van der Waals surface area contributed by atoms with Crippen molar-refractivity contribution in [2.45, 2.75) is 45.6 Å². The van der Waals surface area contributed by atoms with E-state index in [1.54, 1.807) is 0 Å². The van der Waals surface area contributed by atoms with Gasteiger partial charge in [-0.05, 0) is 25.3 Å². The second-order valence-corrected chi connectivity index (χ2v) is 5.08. The lowest BCUT2D eigenvalue weighted by molar-refractivity contribution is -0.144. The third-order valence-electron chi connectivity index (χ3n) is 3.73. The molecule has 0 spiro atoms. The highest BCUT2D eigenvalue weighted by Crippen LogP contribution is 2.29. The highest BCUT2D eigenvalue weighted by molar-refractivity contribution is 5.70. The van der Waals surface area contributed by atoms with Crippen LogP contribution in [0.15, 0.2) is 4.52 Å². The number of nitrogens with one attached hydrogen (secondary N) is 1. The topological polar surface area (TPSA) is 88.2 Å². The maximum Gasteiger partial charge on any atom is 0.306 e. The van der Waals surface area contributed by atoms with E-state index < -0.39 is 5.97 Å². The van der Waals surface area contributed by atoms with E-state index in [4.69, 9.17) is 4.52 Å². The summed E-state index contributed by atoms with van der Waals surface area (Å²) in [4.78, 5) is 15.4. The second kappa shape index (κ2) is 6.65. The van der Waals surface area contributed by atoms with Crippen LogP contribution in [0, 0.1) is 11.8 Å². The van der Waals surface area contributed by atoms with Gasteiger partial charge in [-0.1, -0.05) is 24.9 Å². The van der Waals surface area contributed by atoms with Crippen LogP contribution in [0.3, 0.4) is 0 Å². The largest absolute Gasteiger partial charge is 0.481 e. The Balaban J connectivity index is 1.79. The third-order valence-corrected chi connectivity index (χ3v) is 3.73. The van der Waals surface area contributed by atoms with Crippen LogP contribution >= 0.6 is 0 Å². The minimum absolute atomic E-state index is 0.210. The zero-order valence-corrected chi connectivity index (χ0v) is 11.3. The lowest BCUT2D eigenvalue weighted by Gasteiger charge is -2.28. The molecule has 0 radical (unpaired) electrons. The molecule has 0 amide bonds. The van der Waals surface area contributed by atoms with E-state index in [0.29, 0.717) is 24.8 Å². The zero-order chi connectivity index (χ0) is 13.7. The summed E-state index contributed by atoms with van der Waals surface area (Å²) in [6, 6.07) is 0. The van der Waals surface area contributed by atoms with Crippen molar-refractivity contribution in [3.63, 3.8) is 0 Å². The lowest BCUT2D eigenvalue weighted by atomic mass is 9.79. The molecular formula is C13H21N3O3. The van der Waals surface area contributed by atoms with Crippen LogP contribution in [0.4, 0.5) is 0 Å². The lowest BCUT2D eigenvalue weighted by Crippen LogP contribution is -2.34. The fourth-order valence-corrected chi connectivity index (χ4v) is 2.65. The van der Waals surface area contributed by atoms with Crippen LogP contribution in [-0.4, -0.2) is 27.8 Å². The van der Waals surface area contributed by atoms with Gasteiger partial charge < -0.3 is 14.9 Å². The van der Waals surface area contributed by atoms with Gasteiger partial charge in [0.15, 0.2) is 5.82 Å². The Labute approximate surface area is 112 Å². The fourth-order valence-electron chi connectivity index (χ4n) is 2.65. The van der Waals surface area contributed by atoms with E-state index in [1.807, 2.05) is 6.92 Å². The molecular weight excluding hydrogens is 246 g/mol. The van der Waals surface area contributed by atoms with Crippen molar-refractivity contribution in [1.29, 1.82) is 0 Å². The third kappa shape index (κ3) is 3.76. The average Bonchev–Trinajstić information content (AvgIpc) is 2.87. The van der Waals surface area contributed by atoms with Crippen LogP contribution in [0.25, 0.3) is 0 Å². The monoisotopic (exact) mass is 267 g/mol. The molecule has 2 N–H and O–H groups in total. The summed E-state index contributed by atoms with van der Waals surface area (Å²) in [5.74, 6) is 0.610. The number of aryl methyl sites for hydroxylation is 1. The normalized spacial score (nSPS) is 23.4. The molecule has 1 aromatic rings. The summed E-state index contributed by atoms with van der Waals surface area (Å²) < 4.78 is 5.02. The summed E-state index contributed by atoms with van der Waals surface area (Å²) in [6.07, 6.45) is 4.66. The average molecular weight is 267 g/mol. The first-order chi connectivity index (χ1) is 9.20. The second-order valence-electron chi connectivity index (χ2n) is 5.08. The van der Waals surface area contributed by atoms with Gasteiger partial charge in [-0.15, -0.1) is 0 Å². The molecule has 6 nitrogen and oxygen atoms in total. The van der Waals surface area contributed by atoms with E-state index in [0.717, 1.165) is 32.1 Å². The van der Waals surface area contributed by atoms with Gasteiger partial charge in [-0.3, -0.25) is 4.79 Å². The Kier molecular flexibility index (Phi) is 4.90. The quantitative estimate of drug-likeness (QED) is 0.814. The van der Waals surface area contributed by atoms with Crippen molar-refractivity contribution in [3.8, 4) is 0 Å². The van der Waals surface area contributed by atoms with Crippen molar-refractivity contribution >= 4 is 5.97 Å². The van der Waals surface area contributed by atoms with Crippen molar-refractivity contribution in [2.24, 2.45) is 11.8 Å². The first-order valence-electron chi connectivity index (χ1n) is 6.95. The van der Waals surface area contributed by atoms with E-state index >= 15 is 0 Å². The van der Waals surface area contributed by atoms with Gasteiger partial charge in [0, 0.05) is 6.42 Å². The Bertz CT molecular complexity index is 419. The molecule has 2 atom stereocenters. The highest BCUT2D eigenvalue weighted by atomic mass is 16.5.